The van der Waals surface area contributed by atoms with E-state index in [0.29, 0.717) is 6.04 Å². The standard InChI is InChI=1S/C17H24N4O/c1-14(17-18-7-8-19-17)20-13-16(15-5-3-2-4-6-15)21-9-11-22-12-10-21/h2-8,14,16,20H,9-13H2,1H3,(H,18,19)/t14-,16+/m1/s1. The second-order valence-corrected chi connectivity index (χ2v) is 5.68. The summed E-state index contributed by atoms with van der Waals surface area (Å²) in [5.41, 5.74) is 1.35. The van der Waals surface area contributed by atoms with Crippen molar-refractivity contribution in [3.63, 3.8) is 0 Å². The van der Waals surface area contributed by atoms with Gasteiger partial charge in [-0.15, -0.1) is 0 Å². The lowest BCUT2D eigenvalue weighted by molar-refractivity contribution is 0.0157. The van der Waals surface area contributed by atoms with Gasteiger partial charge in [0.25, 0.3) is 0 Å². The van der Waals surface area contributed by atoms with E-state index in [2.05, 4.69) is 57.4 Å². The SMILES string of the molecule is C[C@@H](NC[C@@H](c1ccccc1)N1CCOCC1)c1ncc[nH]1. The number of aromatic amines is 1. The molecule has 2 atom stereocenters. The molecule has 3 rings (SSSR count). The quantitative estimate of drug-likeness (QED) is 0.858. The first-order valence-electron chi connectivity index (χ1n) is 7.94. The molecule has 0 bridgehead atoms. The van der Waals surface area contributed by atoms with Crippen molar-refractivity contribution in [2.24, 2.45) is 0 Å². The first-order chi connectivity index (χ1) is 10.8. The molecule has 1 fully saturated rings. The number of morpholine rings is 1. The molecule has 0 radical (unpaired) electrons. The summed E-state index contributed by atoms with van der Waals surface area (Å²) < 4.78 is 5.49. The van der Waals surface area contributed by atoms with Gasteiger partial charge in [-0.25, -0.2) is 4.98 Å². The fraction of sp³-hybridized carbons (Fsp3) is 0.471. The van der Waals surface area contributed by atoms with Crippen LogP contribution in [0.5, 0.6) is 0 Å². The van der Waals surface area contributed by atoms with Crippen molar-refractivity contribution in [2.75, 3.05) is 32.8 Å². The second kappa shape index (κ2) is 7.54. The lowest BCUT2D eigenvalue weighted by atomic mass is 10.0. The Balaban J connectivity index is 1.68. The van der Waals surface area contributed by atoms with Crippen LogP contribution in [0.2, 0.25) is 0 Å². The number of aromatic nitrogens is 2. The number of benzene rings is 1. The molecule has 2 heterocycles. The lowest BCUT2D eigenvalue weighted by Crippen LogP contribution is -2.43. The molecule has 2 aromatic rings. The maximum absolute atomic E-state index is 5.49. The summed E-state index contributed by atoms with van der Waals surface area (Å²) in [5, 5.41) is 3.60. The molecule has 0 spiro atoms. The summed E-state index contributed by atoms with van der Waals surface area (Å²) in [4.78, 5) is 10.0. The first kappa shape index (κ1) is 15.2. The molecule has 0 amide bonds. The monoisotopic (exact) mass is 300 g/mol. The fourth-order valence-electron chi connectivity index (χ4n) is 2.92. The molecule has 22 heavy (non-hydrogen) atoms. The fourth-order valence-corrected chi connectivity index (χ4v) is 2.92. The van der Waals surface area contributed by atoms with Crippen LogP contribution >= 0.6 is 0 Å². The van der Waals surface area contributed by atoms with Crippen molar-refractivity contribution >= 4 is 0 Å². The van der Waals surface area contributed by atoms with E-state index in [1.807, 2.05) is 6.20 Å². The topological polar surface area (TPSA) is 53.2 Å². The average molecular weight is 300 g/mol. The number of ether oxygens (including phenoxy) is 1. The summed E-state index contributed by atoms with van der Waals surface area (Å²) in [6, 6.07) is 11.3. The molecule has 5 heteroatoms. The van der Waals surface area contributed by atoms with E-state index >= 15 is 0 Å². The second-order valence-electron chi connectivity index (χ2n) is 5.68. The molecule has 0 aliphatic carbocycles. The van der Waals surface area contributed by atoms with Crippen LogP contribution in [-0.4, -0.2) is 47.7 Å². The smallest absolute Gasteiger partial charge is 0.122 e. The maximum atomic E-state index is 5.49. The Hall–Kier alpha value is -1.69. The Morgan fingerprint density at radius 1 is 1.27 bits per heavy atom. The normalized spacial score (nSPS) is 19.0. The van der Waals surface area contributed by atoms with Crippen molar-refractivity contribution in [3.05, 3.63) is 54.1 Å². The van der Waals surface area contributed by atoms with E-state index in [9.17, 15) is 0 Å². The molecule has 1 aliphatic heterocycles. The predicted octanol–water partition coefficient (Wildman–Crippen LogP) is 2.13. The number of hydrogen-bond acceptors (Lipinski definition) is 4. The molecule has 0 saturated carbocycles. The van der Waals surface area contributed by atoms with Crippen LogP contribution in [0.15, 0.2) is 42.7 Å². The number of nitrogens with one attached hydrogen (secondary N) is 2. The van der Waals surface area contributed by atoms with E-state index in [4.69, 9.17) is 4.74 Å². The van der Waals surface area contributed by atoms with Gasteiger partial charge in [-0.2, -0.15) is 0 Å². The number of H-pyrrole nitrogens is 1. The van der Waals surface area contributed by atoms with Gasteiger partial charge in [-0.1, -0.05) is 30.3 Å². The Bertz CT molecular complexity index is 537. The van der Waals surface area contributed by atoms with Gasteiger partial charge in [-0.3, -0.25) is 4.90 Å². The average Bonchev–Trinajstić information content (AvgIpc) is 3.11. The summed E-state index contributed by atoms with van der Waals surface area (Å²) in [7, 11) is 0. The third-order valence-corrected chi connectivity index (χ3v) is 4.22. The first-order valence-corrected chi connectivity index (χ1v) is 7.94. The Labute approximate surface area is 131 Å². The highest BCUT2D eigenvalue weighted by Gasteiger charge is 2.23. The van der Waals surface area contributed by atoms with E-state index in [1.165, 1.54) is 5.56 Å². The van der Waals surface area contributed by atoms with E-state index in [0.717, 1.165) is 38.7 Å². The molecular weight excluding hydrogens is 276 g/mol. The van der Waals surface area contributed by atoms with Gasteiger partial charge < -0.3 is 15.0 Å². The van der Waals surface area contributed by atoms with Crippen molar-refractivity contribution in [2.45, 2.75) is 19.0 Å². The van der Waals surface area contributed by atoms with Crippen LogP contribution in [-0.2, 0) is 4.74 Å². The molecule has 2 N–H and O–H groups in total. The number of nitrogens with zero attached hydrogens (tertiary/aromatic N) is 2. The van der Waals surface area contributed by atoms with Gasteiger partial charge >= 0.3 is 0 Å². The molecule has 1 saturated heterocycles. The summed E-state index contributed by atoms with van der Waals surface area (Å²) in [6.07, 6.45) is 3.66. The Morgan fingerprint density at radius 3 is 2.73 bits per heavy atom. The molecule has 118 valence electrons. The summed E-state index contributed by atoms with van der Waals surface area (Å²) >= 11 is 0. The van der Waals surface area contributed by atoms with Crippen molar-refractivity contribution in [1.29, 1.82) is 0 Å². The summed E-state index contributed by atoms with van der Waals surface area (Å²) in [5.74, 6) is 0.980. The van der Waals surface area contributed by atoms with Gasteiger partial charge in [-0.05, 0) is 12.5 Å². The molecule has 1 aromatic heterocycles. The van der Waals surface area contributed by atoms with Crippen LogP contribution in [0.4, 0.5) is 0 Å². The highest BCUT2D eigenvalue weighted by atomic mass is 16.5. The highest BCUT2D eigenvalue weighted by molar-refractivity contribution is 5.19. The molecule has 0 unspecified atom stereocenters. The van der Waals surface area contributed by atoms with E-state index in [-0.39, 0.29) is 6.04 Å². The van der Waals surface area contributed by atoms with Crippen LogP contribution < -0.4 is 5.32 Å². The van der Waals surface area contributed by atoms with Crippen LogP contribution in [0.25, 0.3) is 0 Å². The molecule has 5 nitrogen and oxygen atoms in total. The number of hydrogen-bond donors (Lipinski definition) is 2. The summed E-state index contributed by atoms with van der Waals surface area (Å²) in [6.45, 7) is 6.63. The predicted molar refractivity (Wildman–Crippen MR) is 86.6 cm³/mol. The van der Waals surface area contributed by atoms with Gasteiger partial charge in [0.2, 0.25) is 0 Å². The molecule has 1 aromatic carbocycles. The molecule has 1 aliphatic rings. The highest BCUT2D eigenvalue weighted by Crippen LogP contribution is 2.22. The minimum atomic E-state index is 0.210. The Morgan fingerprint density at radius 2 is 2.05 bits per heavy atom. The zero-order chi connectivity index (χ0) is 15.2. The van der Waals surface area contributed by atoms with Gasteiger partial charge in [0.1, 0.15) is 5.82 Å². The van der Waals surface area contributed by atoms with Gasteiger partial charge in [0, 0.05) is 38.1 Å². The lowest BCUT2D eigenvalue weighted by Gasteiger charge is -2.35. The van der Waals surface area contributed by atoms with Crippen LogP contribution in [0.1, 0.15) is 30.4 Å². The minimum absolute atomic E-state index is 0.210. The van der Waals surface area contributed by atoms with Crippen molar-refractivity contribution < 1.29 is 4.74 Å². The Kier molecular flexibility index (Phi) is 5.21. The van der Waals surface area contributed by atoms with Crippen LogP contribution in [0.3, 0.4) is 0 Å². The third kappa shape index (κ3) is 3.74. The molecular formula is C17H24N4O. The van der Waals surface area contributed by atoms with Crippen LogP contribution in [0, 0.1) is 0 Å². The van der Waals surface area contributed by atoms with E-state index < -0.39 is 0 Å². The number of imidazole rings is 1. The zero-order valence-electron chi connectivity index (χ0n) is 13.0. The van der Waals surface area contributed by atoms with Crippen molar-refractivity contribution in [3.8, 4) is 0 Å². The largest absolute Gasteiger partial charge is 0.379 e. The van der Waals surface area contributed by atoms with Crippen molar-refractivity contribution in [1.82, 2.24) is 20.2 Å². The van der Waals surface area contributed by atoms with Gasteiger partial charge in [0.05, 0.1) is 19.3 Å². The third-order valence-electron chi connectivity index (χ3n) is 4.22. The maximum Gasteiger partial charge on any atom is 0.122 e. The van der Waals surface area contributed by atoms with Gasteiger partial charge in [0.15, 0.2) is 0 Å². The zero-order valence-corrected chi connectivity index (χ0v) is 13.0. The number of rotatable bonds is 6. The van der Waals surface area contributed by atoms with E-state index in [1.54, 1.807) is 6.20 Å². The minimum Gasteiger partial charge on any atom is -0.379 e.